The molecule has 1 aromatic rings. The Hall–Kier alpha value is -0.410. The lowest BCUT2D eigenvalue weighted by Crippen LogP contribution is -2.11. The Kier molecular flexibility index (Phi) is 3.76. The molecule has 84 valence electrons. The van der Waals surface area contributed by atoms with Crippen LogP contribution in [-0.4, -0.2) is 11.5 Å². The summed E-state index contributed by atoms with van der Waals surface area (Å²) in [5.74, 6) is 0.903. The van der Waals surface area contributed by atoms with Crippen LogP contribution in [0.15, 0.2) is 0 Å². The highest BCUT2D eigenvalue weighted by atomic mass is 32.1. The van der Waals surface area contributed by atoms with Crippen molar-refractivity contribution >= 4 is 11.3 Å². The summed E-state index contributed by atoms with van der Waals surface area (Å²) in [7, 11) is 0. The fourth-order valence-electron chi connectivity index (χ4n) is 2.21. The average Bonchev–Trinajstić information content (AvgIpc) is 2.67. The van der Waals surface area contributed by atoms with Crippen LogP contribution in [0.5, 0.6) is 0 Å². The van der Waals surface area contributed by atoms with E-state index in [2.05, 4.69) is 6.92 Å². The molecule has 0 bridgehead atoms. The van der Waals surface area contributed by atoms with Gasteiger partial charge < -0.3 is 5.73 Å². The lowest BCUT2D eigenvalue weighted by molar-refractivity contribution is 0.445. The lowest BCUT2D eigenvalue weighted by Gasteiger charge is -2.18. The summed E-state index contributed by atoms with van der Waals surface area (Å²) in [5.41, 5.74) is 6.90. The first-order chi connectivity index (χ1) is 7.33. The summed E-state index contributed by atoms with van der Waals surface area (Å²) in [6.45, 7) is 3.08. The molecule has 0 aromatic carbocycles. The van der Waals surface area contributed by atoms with Crippen molar-refractivity contribution in [2.24, 2.45) is 11.7 Å². The summed E-state index contributed by atoms with van der Waals surface area (Å²) in [6, 6.07) is 0. The monoisotopic (exact) mass is 224 g/mol. The molecule has 1 aromatic heterocycles. The van der Waals surface area contributed by atoms with Crippen LogP contribution < -0.4 is 5.73 Å². The maximum atomic E-state index is 5.52. The molecule has 0 aliphatic heterocycles. The highest BCUT2D eigenvalue weighted by molar-refractivity contribution is 7.11. The second kappa shape index (κ2) is 5.08. The van der Waals surface area contributed by atoms with Crippen molar-refractivity contribution < 1.29 is 0 Å². The molecule has 15 heavy (non-hydrogen) atoms. The summed E-state index contributed by atoms with van der Waals surface area (Å²) in [6.07, 6.45) is 7.27. The maximum Gasteiger partial charge on any atom is 0.0931 e. The van der Waals surface area contributed by atoms with E-state index in [0.717, 1.165) is 25.3 Å². The third-order valence-corrected chi connectivity index (χ3v) is 4.44. The SMILES string of the molecule is CCC1CCc2nc(CCCN)sc2C1. The Balaban J connectivity index is 2.04. The van der Waals surface area contributed by atoms with Crippen LogP contribution in [-0.2, 0) is 19.3 Å². The zero-order valence-corrected chi connectivity index (χ0v) is 10.3. The predicted octanol–water partition coefficient (Wildman–Crippen LogP) is 2.55. The van der Waals surface area contributed by atoms with Gasteiger partial charge in [0.15, 0.2) is 0 Å². The summed E-state index contributed by atoms with van der Waals surface area (Å²) >= 11 is 1.93. The van der Waals surface area contributed by atoms with Crippen molar-refractivity contribution in [3.05, 3.63) is 15.6 Å². The first-order valence-electron chi connectivity index (χ1n) is 6.01. The third-order valence-electron chi connectivity index (χ3n) is 3.26. The molecule has 1 heterocycles. The molecule has 2 rings (SSSR count). The van der Waals surface area contributed by atoms with Gasteiger partial charge in [-0.3, -0.25) is 0 Å². The normalized spacial score (nSPS) is 20.3. The Labute approximate surface area is 95.9 Å². The number of hydrogen-bond donors (Lipinski definition) is 1. The fourth-order valence-corrected chi connectivity index (χ4v) is 3.48. The van der Waals surface area contributed by atoms with Gasteiger partial charge in [-0.2, -0.15) is 0 Å². The molecule has 0 amide bonds. The van der Waals surface area contributed by atoms with Crippen LogP contribution >= 0.6 is 11.3 Å². The molecule has 0 saturated heterocycles. The molecule has 2 nitrogen and oxygen atoms in total. The highest BCUT2D eigenvalue weighted by Gasteiger charge is 2.20. The van der Waals surface area contributed by atoms with Crippen LogP contribution in [0.1, 0.15) is 41.8 Å². The quantitative estimate of drug-likeness (QED) is 0.853. The zero-order valence-electron chi connectivity index (χ0n) is 9.46. The van der Waals surface area contributed by atoms with Gasteiger partial charge in [-0.05, 0) is 38.1 Å². The topological polar surface area (TPSA) is 38.9 Å². The number of rotatable bonds is 4. The number of thiazole rings is 1. The van der Waals surface area contributed by atoms with Gasteiger partial charge in [-0.1, -0.05) is 13.3 Å². The van der Waals surface area contributed by atoms with Gasteiger partial charge in [0.2, 0.25) is 0 Å². The number of fused-ring (bicyclic) bond motifs is 1. The average molecular weight is 224 g/mol. The smallest absolute Gasteiger partial charge is 0.0931 e. The minimum Gasteiger partial charge on any atom is -0.330 e. The summed E-state index contributed by atoms with van der Waals surface area (Å²) in [5, 5.41) is 1.31. The molecule has 2 N–H and O–H groups in total. The largest absolute Gasteiger partial charge is 0.330 e. The Bertz CT molecular complexity index is 319. The molecule has 1 aliphatic rings. The van der Waals surface area contributed by atoms with Crippen molar-refractivity contribution in [1.29, 1.82) is 0 Å². The molecule has 3 heteroatoms. The Morgan fingerprint density at radius 3 is 3.13 bits per heavy atom. The minimum atomic E-state index is 0.780. The van der Waals surface area contributed by atoms with Gasteiger partial charge in [0.25, 0.3) is 0 Å². The van der Waals surface area contributed by atoms with E-state index in [9.17, 15) is 0 Å². The van der Waals surface area contributed by atoms with E-state index in [1.807, 2.05) is 11.3 Å². The lowest BCUT2D eigenvalue weighted by atomic mass is 9.89. The van der Waals surface area contributed by atoms with Gasteiger partial charge in [0.05, 0.1) is 10.7 Å². The van der Waals surface area contributed by atoms with Crippen LogP contribution in [0.4, 0.5) is 0 Å². The van der Waals surface area contributed by atoms with Gasteiger partial charge in [-0.25, -0.2) is 4.98 Å². The van der Waals surface area contributed by atoms with Crippen molar-refractivity contribution in [1.82, 2.24) is 4.98 Å². The van der Waals surface area contributed by atoms with E-state index in [1.54, 1.807) is 4.88 Å². The molecule has 0 radical (unpaired) electrons. The standard InChI is InChI=1S/C12H20N2S/c1-2-9-5-6-10-11(8-9)15-12(14-10)4-3-7-13/h9H,2-8,13H2,1H3. The minimum absolute atomic E-state index is 0.780. The molecule has 0 spiro atoms. The van der Waals surface area contributed by atoms with E-state index in [4.69, 9.17) is 10.7 Å². The van der Waals surface area contributed by atoms with Crippen LogP contribution in [0.2, 0.25) is 0 Å². The number of nitrogens with two attached hydrogens (primary N) is 1. The molecular weight excluding hydrogens is 204 g/mol. The van der Waals surface area contributed by atoms with Crippen LogP contribution in [0, 0.1) is 5.92 Å². The zero-order chi connectivity index (χ0) is 10.7. The molecule has 1 atom stereocenters. The van der Waals surface area contributed by atoms with E-state index in [0.29, 0.717) is 0 Å². The molecule has 1 aliphatic carbocycles. The second-order valence-corrected chi connectivity index (χ2v) is 5.55. The predicted molar refractivity (Wildman–Crippen MR) is 65.3 cm³/mol. The van der Waals surface area contributed by atoms with Crippen molar-refractivity contribution in [3.63, 3.8) is 0 Å². The first-order valence-corrected chi connectivity index (χ1v) is 6.82. The summed E-state index contributed by atoms with van der Waals surface area (Å²) in [4.78, 5) is 6.28. The number of aromatic nitrogens is 1. The second-order valence-electron chi connectivity index (χ2n) is 4.39. The first kappa shape index (κ1) is 11.1. The molecule has 0 saturated carbocycles. The highest BCUT2D eigenvalue weighted by Crippen LogP contribution is 2.31. The van der Waals surface area contributed by atoms with Crippen molar-refractivity contribution in [2.45, 2.75) is 45.4 Å². The van der Waals surface area contributed by atoms with Crippen molar-refractivity contribution in [2.75, 3.05) is 6.54 Å². The summed E-state index contributed by atoms with van der Waals surface area (Å²) < 4.78 is 0. The third kappa shape index (κ3) is 2.58. The van der Waals surface area contributed by atoms with E-state index >= 15 is 0 Å². The van der Waals surface area contributed by atoms with Gasteiger partial charge in [0, 0.05) is 11.3 Å². The van der Waals surface area contributed by atoms with E-state index in [1.165, 1.54) is 36.4 Å². The van der Waals surface area contributed by atoms with Gasteiger partial charge >= 0.3 is 0 Å². The number of hydrogen-bond acceptors (Lipinski definition) is 3. The fraction of sp³-hybridized carbons (Fsp3) is 0.750. The van der Waals surface area contributed by atoms with E-state index < -0.39 is 0 Å². The van der Waals surface area contributed by atoms with E-state index in [-0.39, 0.29) is 0 Å². The number of aryl methyl sites for hydroxylation is 2. The maximum absolute atomic E-state index is 5.52. The van der Waals surface area contributed by atoms with Crippen LogP contribution in [0.3, 0.4) is 0 Å². The molecular formula is C12H20N2S. The van der Waals surface area contributed by atoms with Gasteiger partial charge in [0.1, 0.15) is 0 Å². The molecule has 0 fully saturated rings. The van der Waals surface area contributed by atoms with Crippen molar-refractivity contribution in [3.8, 4) is 0 Å². The number of nitrogens with zero attached hydrogens (tertiary/aromatic N) is 1. The Morgan fingerprint density at radius 2 is 2.40 bits per heavy atom. The van der Waals surface area contributed by atoms with Gasteiger partial charge in [-0.15, -0.1) is 11.3 Å². The Morgan fingerprint density at radius 1 is 1.53 bits per heavy atom. The molecule has 1 unspecified atom stereocenters. The van der Waals surface area contributed by atoms with Crippen LogP contribution in [0.25, 0.3) is 0 Å².